The topological polar surface area (TPSA) is 67.2 Å². The lowest BCUT2D eigenvalue weighted by Crippen LogP contribution is -2.29. The first-order valence-corrected chi connectivity index (χ1v) is 6.89. The van der Waals surface area contributed by atoms with Crippen molar-refractivity contribution in [1.29, 1.82) is 0 Å². The molecule has 0 saturated heterocycles. The van der Waals surface area contributed by atoms with E-state index in [2.05, 4.69) is 10.4 Å². The molecule has 0 aliphatic heterocycles. The van der Waals surface area contributed by atoms with E-state index in [-0.39, 0.29) is 12.3 Å². The van der Waals surface area contributed by atoms with Crippen molar-refractivity contribution in [3.63, 3.8) is 0 Å². The third kappa shape index (κ3) is 3.31. The Balaban J connectivity index is 2.11. The van der Waals surface area contributed by atoms with Gasteiger partial charge in [-0.25, -0.2) is 0 Å². The second kappa shape index (κ2) is 5.69. The highest BCUT2D eigenvalue weighted by Gasteiger charge is 2.27. The van der Waals surface area contributed by atoms with Crippen LogP contribution in [0.5, 0.6) is 0 Å². The maximum atomic E-state index is 12.2. The quantitative estimate of drug-likeness (QED) is 0.906. The van der Waals surface area contributed by atoms with Gasteiger partial charge in [-0.1, -0.05) is 30.3 Å². The highest BCUT2D eigenvalue weighted by atomic mass is 16.3. The average molecular weight is 287 g/mol. The number of aryl methyl sites for hydroxylation is 2. The molecule has 1 aromatic heterocycles. The fourth-order valence-corrected chi connectivity index (χ4v) is 2.33. The van der Waals surface area contributed by atoms with Gasteiger partial charge in [0, 0.05) is 12.6 Å². The van der Waals surface area contributed by atoms with Crippen LogP contribution in [-0.2, 0) is 17.4 Å². The zero-order valence-electron chi connectivity index (χ0n) is 12.8. The number of amides is 1. The van der Waals surface area contributed by atoms with Gasteiger partial charge < -0.3 is 10.4 Å². The van der Waals surface area contributed by atoms with Crippen molar-refractivity contribution >= 4 is 11.7 Å². The molecular formula is C16H21N3O2. The summed E-state index contributed by atoms with van der Waals surface area (Å²) in [6.07, 6.45) is -0.0132. The highest BCUT2D eigenvalue weighted by molar-refractivity contribution is 5.91. The smallest absolute Gasteiger partial charge is 0.228 e. The van der Waals surface area contributed by atoms with Gasteiger partial charge in [-0.05, 0) is 26.3 Å². The molecule has 0 fully saturated rings. The van der Waals surface area contributed by atoms with E-state index in [9.17, 15) is 9.90 Å². The normalized spacial score (nSPS) is 13.8. The lowest BCUT2D eigenvalue weighted by molar-refractivity contribution is -0.120. The van der Waals surface area contributed by atoms with Gasteiger partial charge in [0.1, 0.15) is 5.82 Å². The number of anilines is 1. The van der Waals surface area contributed by atoms with E-state index in [1.54, 1.807) is 18.7 Å². The molecular weight excluding hydrogens is 266 g/mol. The van der Waals surface area contributed by atoms with Gasteiger partial charge in [-0.15, -0.1) is 0 Å². The van der Waals surface area contributed by atoms with Gasteiger partial charge in [0.25, 0.3) is 0 Å². The van der Waals surface area contributed by atoms with Crippen LogP contribution in [0.3, 0.4) is 0 Å². The van der Waals surface area contributed by atoms with Gasteiger partial charge >= 0.3 is 0 Å². The molecule has 1 amide bonds. The number of hydrogen-bond donors (Lipinski definition) is 2. The van der Waals surface area contributed by atoms with Crippen LogP contribution in [0, 0.1) is 13.8 Å². The third-order valence-electron chi connectivity index (χ3n) is 3.68. The molecule has 1 aromatic carbocycles. The SMILES string of the molecule is Cc1nn(C)c(NC(=O)CC(C)(O)c2ccccc2)c1C. The molecule has 1 unspecified atom stereocenters. The van der Waals surface area contributed by atoms with Crippen LogP contribution in [0.1, 0.15) is 30.2 Å². The van der Waals surface area contributed by atoms with Gasteiger partial charge in [0.15, 0.2) is 0 Å². The summed E-state index contributed by atoms with van der Waals surface area (Å²) in [6, 6.07) is 9.19. The molecule has 2 aromatic rings. The summed E-state index contributed by atoms with van der Waals surface area (Å²) in [4.78, 5) is 12.2. The fraction of sp³-hybridized carbons (Fsp3) is 0.375. The van der Waals surface area contributed by atoms with E-state index >= 15 is 0 Å². The number of carbonyl (C=O) groups excluding carboxylic acids is 1. The number of aliphatic hydroxyl groups is 1. The number of aromatic nitrogens is 2. The van der Waals surface area contributed by atoms with Crippen molar-refractivity contribution in [2.75, 3.05) is 5.32 Å². The molecule has 0 aliphatic carbocycles. The summed E-state index contributed by atoms with van der Waals surface area (Å²) in [5.41, 5.74) is 1.33. The summed E-state index contributed by atoms with van der Waals surface area (Å²) >= 11 is 0. The van der Waals surface area contributed by atoms with E-state index in [4.69, 9.17) is 0 Å². The molecule has 1 heterocycles. The second-order valence-electron chi connectivity index (χ2n) is 5.55. The Morgan fingerprint density at radius 1 is 1.33 bits per heavy atom. The zero-order chi connectivity index (χ0) is 15.6. The maximum absolute atomic E-state index is 12.2. The number of nitrogens with zero attached hydrogens (tertiary/aromatic N) is 2. The summed E-state index contributed by atoms with van der Waals surface area (Å²) in [7, 11) is 1.78. The molecule has 5 nitrogen and oxygen atoms in total. The Labute approximate surface area is 124 Å². The van der Waals surface area contributed by atoms with Crippen LogP contribution >= 0.6 is 0 Å². The third-order valence-corrected chi connectivity index (χ3v) is 3.68. The molecule has 0 aliphatic rings. The lowest BCUT2D eigenvalue weighted by atomic mass is 9.92. The van der Waals surface area contributed by atoms with Crippen molar-refractivity contribution < 1.29 is 9.90 Å². The Hall–Kier alpha value is -2.14. The van der Waals surface area contributed by atoms with Crippen molar-refractivity contribution in [1.82, 2.24) is 9.78 Å². The minimum atomic E-state index is -1.20. The minimum Gasteiger partial charge on any atom is -0.385 e. The molecule has 2 N–H and O–H groups in total. The molecule has 0 bridgehead atoms. The van der Waals surface area contributed by atoms with Crippen LogP contribution in [-0.4, -0.2) is 20.8 Å². The zero-order valence-corrected chi connectivity index (χ0v) is 12.8. The summed E-state index contributed by atoms with van der Waals surface area (Å²) in [5, 5.41) is 17.6. The first-order chi connectivity index (χ1) is 9.81. The highest BCUT2D eigenvalue weighted by Crippen LogP contribution is 2.25. The predicted octanol–water partition coefficient (Wildman–Crippen LogP) is 2.27. The van der Waals surface area contributed by atoms with Gasteiger partial charge in [0.05, 0.1) is 17.7 Å². The van der Waals surface area contributed by atoms with Gasteiger partial charge in [-0.2, -0.15) is 5.10 Å². The standard InChI is InChI=1S/C16H21N3O2/c1-11-12(2)18-19(4)15(11)17-14(20)10-16(3,21)13-8-6-5-7-9-13/h5-9,21H,10H2,1-4H3,(H,17,20). The molecule has 0 radical (unpaired) electrons. The van der Waals surface area contributed by atoms with Crippen molar-refractivity contribution in [3.8, 4) is 0 Å². The van der Waals surface area contributed by atoms with Crippen LogP contribution in [0.4, 0.5) is 5.82 Å². The van der Waals surface area contributed by atoms with E-state index in [0.717, 1.165) is 16.8 Å². The molecule has 5 heteroatoms. The number of carbonyl (C=O) groups is 1. The van der Waals surface area contributed by atoms with Gasteiger partial charge in [-0.3, -0.25) is 9.48 Å². The van der Waals surface area contributed by atoms with E-state index in [1.165, 1.54) is 0 Å². The summed E-state index contributed by atoms with van der Waals surface area (Å²) < 4.78 is 1.64. The Morgan fingerprint density at radius 3 is 2.48 bits per heavy atom. The molecule has 112 valence electrons. The number of hydrogen-bond acceptors (Lipinski definition) is 3. The van der Waals surface area contributed by atoms with Crippen molar-refractivity contribution in [2.24, 2.45) is 7.05 Å². The van der Waals surface area contributed by atoms with E-state index in [1.807, 2.05) is 44.2 Å². The monoisotopic (exact) mass is 287 g/mol. The number of benzene rings is 1. The summed E-state index contributed by atoms with van der Waals surface area (Å²) in [5.74, 6) is 0.427. The van der Waals surface area contributed by atoms with Crippen LogP contribution in [0.2, 0.25) is 0 Å². The van der Waals surface area contributed by atoms with Crippen LogP contribution in [0.15, 0.2) is 30.3 Å². The fourth-order valence-electron chi connectivity index (χ4n) is 2.33. The first-order valence-electron chi connectivity index (χ1n) is 6.89. The van der Waals surface area contributed by atoms with Gasteiger partial charge in [0.2, 0.25) is 5.91 Å². The average Bonchev–Trinajstić information content (AvgIpc) is 2.66. The van der Waals surface area contributed by atoms with E-state index in [0.29, 0.717) is 5.82 Å². The molecule has 1 atom stereocenters. The Morgan fingerprint density at radius 2 is 1.95 bits per heavy atom. The maximum Gasteiger partial charge on any atom is 0.228 e. The van der Waals surface area contributed by atoms with Crippen molar-refractivity contribution in [2.45, 2.75) is 32.8 Å². The predicted molar refractivity (Wildman–Crippen MR) is 81.9 cm³/mol. The first kappa shape index (κ1) is 15.3. The number of nitrogens with one attached hydrogen (secondary N) is 1. The minimum absolute atomic E-state index is 0.0132. The Bertz CT molecular complexity index is 645. The molecule has 0 spiro atoms. The van der Waals surface area contributed by atoms with Crippen molar-refractivity contribution in [3.05, 3.63) is 47.2 Å². The lowest BCUT2D eigenvalue weighted by Gasteiger charge is -2.23. The van der Waals surface area contributed by atoms with E-state index < -0.39 is 5.60 Å². The van der Waals surface area contributed by atoms with Crippen LogP contribution < -0.4 is 5.32 Å². The summed E-state index contributed by atoms with van der Waals surface area (Å²) in [6.45, 7) is 5.45. The molecule has 21 heavy (non-hydrogen) atoms. The largest absolute Gasteiger partial charge is 0.385 e. The second-order valence-corrected chi connectivity index (χ2v) is 5.55. The molecule has 0 saturated carbocycles. The Kier molecular flexibility index (Phi) is 4.14. The van der Waals surface area contributed by atoms with Crippen LogP contribution in [0.25, 0.3) is 0 Å². The molecule has 2 rings (SSSR count). The number of rotatable bonds is 4.